The van der Waals surface area contributed by atoms with Crippen molar-refractivity contribution >= 4 is 21.6 Å². The third kappa shape index (κ3) is 3.58. The molecule has 1 saturated carbocycles. The number of hydrogen-bond donors (Lipinski definition) is 1. The van der Waals surface area contributed by atoms with Crippen molar-refractivity contribution in [3.8, 4) is 0 Å². The highest BCUT2D eigenvalue weighted by molar-refractivity contribution is 7.18. The zero-order valence-electron chi connectivity index (χ0n) is 12.1. The van der Waals surface area contributed by atoms with E-state index in [4.69, 9.17) is 5.73 Å². The van der Waals surface area contributed by atoms with Gasteiger partial charge in [-0.3, -0.25) is 0 Å². The molecule has 0 saturated heterocycles. The monoisotopic (exact) mass is 288 g/mol. The van der Waals surface area contributed by atoms with Crippen LogP contribution in [0.25, 0.3) is 10.2 Å². The van der Waals surface area contributed by atoms with Crippen molar-refractivity contribution in [1.29, 1.82) is 0 Å². The Labute approximate surface area is 125 Å². The summed E-state index contributed by atoms with van der Waals surface area (Å²) in [5, 5.41) is 1.20. The lowest BCUT2D eigenvalue weighted by atomic mass is 9.85. The molecule has 3 rings (SSSR count). The highest BCUT2D eigenvalue weighted by Gasteiger charge is 2.15. The lowest BCUT2D eigenvalue weighted by Crippen LogP contribution is -2.24. The Morgan fingerprint density at radius 2 is 2.00 bits per heavy atom. The highest BCUT2D eigenvalue weighted by atomic mass is 32.1. The van der Waals surface area contributed by atoms with Crippen LogP contribution in [0.15, 0.2) is 24.3 Å². The third-order valence-corrected chi connectivity index (χ3v) is 5.50. The first kappa shape index (κ1) is 14.0. The van der Waals surface area contributed by atoms with Crippen molar-refractivity contribution in [3.63, 3.8) is 0 Å². The molecule has 1 aromatic carbocycles. The van der Waals surface area contributed by atoms with E-state index < -0.39 is 0 Å². The van der Waals surface area contributed by atoms with Gasteiger partial charge in [-0.05, 0) is 30.9 Å². The van der Waals surface area contributed by atoms with Gasteiger partial charge in [-0.2, -0.15) is 0 Å². The fraction of sp³-hybridized carbons (Fsp3) is 0.588. The number of nitrogens with zero attached hydrogens (tertiary/aromatic N) is 1. The molecule has 0 spiro atoms. The van der Waals surface area contributed by atoms with E-state index in [1.807, 2.05) is 0 Å². The van der Waals surface area contributed by atoms with Gasteiger partial charge < -0.3 is 5.73 Å². The number of benzene rings is 1. The molecule has 0 amide bonds. The largest absolute Gasteiger partial charge is 0.327 e. The van der Waals surface area contributed by atoms with Gasteiger partial charge in [0.15, 0.2) is 0 Å². The van der Waals surface area contributed by atoms with Crippen LogP contribution in [0, 0.1) is 5.92 Å². The summed E-state index contributed by atoms with van der Waals surface area (Å²) in [6, 6.07) is 8.63. The lowest BCUT2D eigenvalue weighted by molar-refractivity contribution is 0.323. The van der Waals surface area contributed by atoms with Gasteiger partial charge >= 0.3 is 0 Å². The van der Waals surface area contributed by atoms with E-state index in [2.05, 4.69) is 29.2 Å². The minimum atomic E-state index is 0.275. The maximum Gasteiger partial charge on any atom is 0.0954 e. The summed E-state index contributed by atoms with van der Waals surface area (Å²) >= 11 is 1.80. The summed E-state index contributed by atoms with van der Waals surface area (Å²) in [5.41, 5.74) is 7.43. The standard InChI is InChI=1S/C17H24N2S/c18-14(11-10-13-6-2-1-3-7-13)12-17-19-15-8-4-5-9-16(15)20-17/h4-5,8-9,13-14H,1-3,6-7,10-12,18H2. The van der Waals surface area contributed by atoms with Gasteiger partial charge in [0.2, 0.25) is 0 Å². The van der Waals surface area contributed by atoms with E-state index in [0.717, 1.165) is 24.3 Å². The van der Waals surface area contributed by atoms with Crippen LogP contribution in [0.4, 0.5) is 0 Å². The second-order valence-electron chi connectivity index (χ2n) is 6.12. The number of rotatable bonds is 5. The molecule has 3 heteroatoms. The van der Waals surface area contributed by atoms with Crippen LogP contribution in [0.1, 0.15) is 50.0 Å². The van der Waals surface area contributed by atoms with Crippen molar-refractivity contribution in [2.75, 3.05) is 0 Å². The van der Waals surface area contributed by atoms with Gasteiger partial charge in [-0.25, -0.2) is 4.98 Å². The van der Waals surface area contributed by atoms with Crippen molar-refractivity contribution in [2.45, 2.75) is 57.4 Å². The SMILES string of the molecule is NC(CCC1CCCCC1)Cc1nc2ccccc2s1. The summed E-state index contributed by atoms with van der Waals surface area (Å²) in [4.78, 5) is 4.69. The lowest BCUT2D eigenvalue weighted by Gasteiger charge is -2.22. The molecule has 0 bridgehead atoms. The molecule has 1 aromatic heterocycles. The second-order valence-corrected chi connectivity index (χ2v) is 7.24. The maximum absolute atomic E-state index is 6.31. The molecule has 1 aliphatic rings. The third-order valence-electron chi connectivity index (χ3n) is 4.45. The molecule has 2 aromatic rings. The predicted octanol–water partition coefficient (Wildman–Crippen LogP) is 4.53. The number of fused-ring (bicyclic) bond motifs is 1. The van der Waals surface area contributed by atoms with Crippen LogP contribution >= 0.6 is 11.3 Å². The fourth-order valence-electron chi connectivity index (χ4n) is 3.26. The molecule has 1 heterocycles. The second kappa shape index (κ2) is 6.68. The molecule has 0 aliphatic heterocycles. The molecular weight excluding hydrogens is 264 g/mol. The zero-order valence-corrected chi connectivity index (χ0v) is 12.9. The minimum Gasteiger partial charge on any atom is -0.327 e. The predicted molar refractivity (Wildman–Crippen MR) is 87.1 cm³/mol. The number of para-hydroxylation sites is 1. The van der Waals surface area contributed by atoms with Crippen LogP contribution in [0.3, 0.4) is 0 Å². The van der Waals surface area contributed by atoms with Crippen LogP contribution in [-0.2, 0) is 6.42 Å². The molecular formula is C17H24N2S. The van der Waals surface area contributed by atoms with Crippen LogP contribution in [0.5, 0.6) is 0 Å². The van der Waals surface area contributed by atoms with Gasteiger partial charge in [-0.1, -0.05) is 44.2 Å². The Morgan fingerprint density at radius 1 is 1.20 bits per heavy atom. The fourth-order valence-corrected chi connectivity index (χ4v) is 4.32. The smallest absolute Gasteiger partial charge is 0.0954 e. The molecule has 1 aliphatic carbocycles. The summed E-state index contributed by atoms with van der Waals surface area (Å²) < 4.78 is 1.28. The van der Waals surface area contributed by atoms with Crippen LogP contribution in [0.2, 0.25) is 0 Å². The van der Waals surface area contributed by atoms with E-state index in [-0.39, 0.29) is 6.04 Å². The Kier molecular flexibility index (Phi) is 4.69. The molecule has 0 radical (unpaired) electrons. The molecule has 108 valence electrons. The first-order valence-electron chi connectivity index (χ1n) is 7.91. The highest BCUT2D eigenvalue weighted by Crippen LogP contribution is 2.28. The summed E-state index contributed by atoms with van der Waals surface area (Å²) in [6.07, 6.45) is 10.5. The summed E-state index contributed by atoms with van der Waals surface area (Å²) in [7, 11) is 0. The van der Waals surface area contributed by atoms with Gasteiger partial charge in [0.05, 0.1) is 15.2 Å². The summed E-state index contributed by atoms with van der Waals surface area (Å²) in [5.74, 6) is 0.935. The van der Waals surface area contributed by atoms with Gasteiger partial charge in [-0.15, -0.1) is 11.3 Å². The van der Waals surface area contributed by atoms with Crippen molar-refractivity contribution in [3.05, 3.63) is 29.3 Å². The van der Waals surface area contributed by atoms with Crippen molar-refractivity contribution in [1.82, 2.24) is 4.98 Å². The molecule has 1 unspecified atom stereocenters. The van der Waals surface area contributed by atoms with E-state index in [9.17, 15) is 0 Å². The average Bonchev–Trinajstić information content (AvgIpc) is 2.88. The van der Waals surface area contributed by atoms with Crippen molar-refractivity contribution in [2.24, 2.45) is 11.7 Å². The normalized spacial score (nSPS) is 18.4. The molecule has 2 nitrogen and oxygen atoms in total. The Hall–Kier alpha value is -0.930. The first-order valence-corrected chi connectivity index (χ1v) is 8.73. The Morgan fingerprint density at radius 3 is 2.80 bits per heavy atom. The van der Waals surface area contributed by atoms with E-state index >= 15 is 0 Å². The average molecular weight is 288 g/mol. The number of thiazole rings is 1. The quantitative estimate of drug-likeness (QED) is 0.878. The Balaban J connectivity index is 1.51. The van der Waals surface area contributed by atoms with Gasteiger partial charge in [0.1, 0.15) is 0 Å². The van der Waals surface area contributed by atoms with E-state index in [0.29, 0.717) is 0 Å². The maximum atomic E-state index is 6.31. The first-order chi connectivity index (χ1) is 9.81. The van der Waals surface area contributed by atoms with Crippen LogP contribution < -0.4 is 5.73 Å². The van der Waals surface area contributed by atoms with Crippen LogP contribution in [-0.4, -0.2) is 11.0 Å². The summed E-state index contributed by atoms with van der Waals surface area (Å²) in [6.45, 7) is 0. The van der Waals surface area contributed by atoms with E-state index in [1.54, 1.807) is 11.3 Å². The van der Waals surface area contributed by atoms with Gasteiger partial charge in [0, 0.05) is 12.5 Å². The number of hydrogen-bond acceptors (Lipinski definition) is 3. The number of aromatic nitrogens is 1. The minimum absolute atomic E-state index is 0.275. The molecule has 1 fully saturated rings. The van der Waals surface area contributed by atoms with Gasteiger partial charge in [0.25, 0.3) is 0 Å². The zero-order chi connectivity index (χ0) is 13.8. The molecule has 20 heavy (non-hydrogen) atoms. The molecule has 2 N–H and O–H groups in total. The number of nitrogens with two attached hydrogens (primary N) is 1. The topological polar surface area (TPSA) is 38.9 Å². The molecule has 1 atom stereocenters. The van der Waals surface area contributed by atoms with Crippen molar-refractivity contribution < 1.29 is 0 Å². The van der Waals surface area contributed by atoms with E-state index in [1.165, 1.54) is 48.2 Å². The Bertz CT molecular complexity index is 510.